The summed E-state index contributed by atoms with van der Waals surface area (Å²) in [5.41, 5.74) is 3.91. The third-order valence-electron chi connectivity index (χ3n) is 3.45. The van der Waals surface area contributed by atoms with Crippen molar-refractivity contribution in [3.05, 3.63) is 36.0 Å². The zero-order valence-electron chi connectivity index (χ0n) is 8.47. The predicted octanol–water partition coefficient (Wildman–Crippen LogP) is 3.87. The van der Waals surface area contributed by atoms with Crippen molar-refractivity contribution >= 4 is 0 Å². The molecule has 2 aliphatic carbocycles. The van der Waals surface area contributed by atoms with Crippen molar-refractivity contribution in [2.75, 3.05) is 0 Å². The van der Waals surface area contributed by atoms with Gasteiger partial charge < -0.3 is 0 Å². The highest BCUT2D eigenvalue weighted by Gasteiger charge is 2.32. The molecule has 13 heavy (non-hydrogen) atoms. The van der Waals surface area contributed by atoms with Gasteiger partial charge in [-0.3, -0.25) is 0 Å². The smallest absolute Gasteiger partial charge is 0.00986 e. The fourth-order valence-electron chi connectivity index (χ4n) is 2.73. The second-order valence-corrected chi connectivity index (χ2v) is 4.44. The van der Waals surface area contributed by atoms with Crippen molar-refractivity contribution in [3.8, 4) is 0 Å². The minimum Gasteiger partial charge on any atom is -0.0955 e. The molecule has 2 rings (SSSR count). The van der Waals surface area contributed by atoms with E-state index in [1.54, 1.807) is 0 Å². The Hall–Kier alpha value is -0.780. The lowest BCUT2D eigenvalue weighted by atomic mass is 9.79. The second kappa shape index (κ2) is 3.17. The van der Waals surface area contributed by atoms with E-state index < -0.39 is 0 Å². The summed E-state index contributed by atoms with van der Waals surface area (Å²) in [7, 11) is 0. The molecule has 1 fully saturated rings. The molecule has 0 aromatic rings. The molecule has 0 amide bonds. The maximum absolute atomic E-state index is 4.21. The molecule has 1 saturated carbocycles. The van der Waals surface area contributed by atoms with E-state index in [1.165, 1.54) is 42.4 Å². The second-order valence-electron chi connectivity index (χ2n) is 4.44. The summed E-state index contributed by atoms with van der Waals surface area (Å²) in [4.78, 5) is 0. The Bertz CT molecular complexity index is 280. The van der Waals surface area contributed by atoms with Gasteiger partial charge in [0.05, 0.1) is 0 Å². The summed E-state index contributed by atoms with van der Waals surface area (Å²) in [5.74, 6) is 1.54. The first-order valence-corrected chi connectivity index (χ1v) is 5.27. The molecular weight excluding hydrogens is 156 g/mol. The Morgan fingerprint density at radius 1 is 1.38 bits per heavy atom. The monoisotopic (exact) mass is 174 g/mol. The summed E-state index contributed by atoms with van der Waals surface area (Å²) in [6, 6.07) is 0. The Kier molecular flexibility index (Phi) is 2.15. The van der Waals surface area contributed by atoms with Gasteiger partial charge in [0.25, 0.3) is 0 Å². The zero-order chi connectivity index (χ0) is 9.42. The van der Waals surface area contributed by atoms with Crippen molar-refractivity contribution in [2.24, 2.45) is 11.8 Å². The van der Waals surface area contributed by atoms with Gasteiger partial charge in [-0.1, -0.05) is 37.6 Å². The molecule has 0 aromatic carbocycles. The molecule has 0 saturated heterocycles. The minimum atomic E-state index is 0.750. The first kappa shape index (κ1) is 8.80. The van der Waals surface area contributed by atoms with E-state index in [9.17, 15) is 0 Å². The molecule has 2 atom stereocenters. The lowest BCUT2D eigenvalue weighted by Gasteiger charge is -2.25. The number of hydrogen-bond acceptors (Lipinski definition) is 0. The van der Waals surface area contributed by atoms with Gasteiger partial charge in [0.15, 0.2) is 0 Å². The Morgan fingerprint density at radius 2 is 2.08 bits per heavy atom. The van der Waals surface area contributed by atoms with Crippen LogP contribution in [0.3, 0.4) is 0 Å². The molecule has 0 spiro atoms. The van der Waals surface area contributed by atoms with Crippen molar-refractivity contribution < 1.29 is 0 Å². The Morgan fingerprint density at radius 3 is 2.69 bits per heavy atom. The van der Waals surface area contributed by atoms with E-state index in [0.717, 1.165) is 11.8 Å². The number of allylic oxidation sites excluding steroid dienone is 4. The summed E-state index contributed by atoms with van der Waals surface area (Å²) >= 11 is 0. The fraction of sp³-hybridized carbons (Fsp3) is 0.538. The van der Waals surface area contributed by atoms with Crippen LogP contribution >= 0.6 is 0 Å². The Labute approximate surface area is 81.0 Å². The lowest BCUT2D eigenvalue weighted by Crippen LogP contribution is -2.14. The van der Waals surface area contributed by atoms with E-state index >= 15 is 0 Å². The third kappa shape index (κ3) is 1.39. The van der Waals surface area contributed by atoms with Gasteiger partial charge in [0.1, 0.15) is 0 Å². The van der Waals surface area contributed by atoms with Crippen LogP contribution in [0.15, 0.2) is 36.0 Å². The molecule has 0 aliphatic heterocycles. The van der Waals surface area contributed by atoms with Gasteiger partial charge in [-0.2, -0.15) is 0 Å². The van der Waals surface area contributed by atoms with Crippen LogP contribution in [0.2, 0.25) is 0 Å². The summed E-state index contributed by atoms with van der Waals surface area (Å²) in [5, 5.41) is 0. The fourth-order valence-corrected chi connectivity index (χ4v) is 2.73. The maximum atomic E-state index is 4.21. The molecule has 0 heterocycles. The largest absolute Gasteiger partial charge is 0.0955 e. The average molecular weight is 174 g/mol. The highest BCUT2D eigenvalue weighted by molar-refractivity contribution is 5.49. The number of fused-ring (bicyclic) bond motifs is 1. The summed E-state index contributed by atoms with van der Waals surface area (Å²) in [6.07, 6.45) is 7.90. The van der Waals surface area contributed by atoms with Gasteiger partial charge in [0.2, 0.25) is 0 Å². The molecule has 2 aliphatic rings. The summed E-state index contributed by atoms with van der Waals surface area (Å²) in [6.45, 7) is 10.3. The first-order valence-electron chi connectivity index (χ1n) is 5.27. The minimum absolute atomic E-state index is 0.750. The van der Waals surface area contributed by atoms with Crippen LogP contribution in [-0.2, 0) is 0 Å². The highest BCUT2D eigenvalue weighted by Crippen LogP contribution is 2.45. The van der Waals surface area contributed by atoms with Crippen molar-refractivity contribution in [1.82, 2.24) is 0 Å². The molecule has 0 unspecified atom stereocenters. The van der Waals surface area contributed by atoms with Crippen LogP contribution in [0.5, 0.6) is 0 Å². The summed E-state index contributed by atoms with van der Waals surface area (Å²) < 4.78 is 0. The molecular formula is C13H18. The molecule has 0 bridgehead atoms. The third-order valence-corrected chi connectivity index (χ3v) is 3.45. The van der Waals surface area contributed by atoms with Crippen molar-refractivity contribution in [1.29, 1.82) is 0 Å². The highest BCUT2D eigenvalue weighted by atomic mass is 14.4. The lowest BCUT2D eigenvalue weighted by molar-refractivity contribution is 0.341. The van der Waals surface area contributed by atoms with Crippen LogP contribution < -0.4 is 0 Å². The standard InChI is InChI=1S/C13H18/c1-9(2)13-8-11-6-4-5-7-12(11)10(13)3/h8,11-12H,1,3-7H2,2H3/t11-,12+/m1/s1. The maximum Gasteiger partial charge on any atom is -0.00986 e. The van der Waals surface area contributed by atoms with E-state index in [4.69, 9.17) is 0 Å². The average Bonchev–Trinajstić information content (AvgIpc) is 2.45. The molecule has 0 nitrogen and oxygen atoms in total. The van der Waals surface area contributed by atoms with Gasteiger partial charge in [-0.15, -0.1) is 0 Å². The van der Waals surface area contributed by atoms with E-state index in [1.807, 2.05) is 0 Å². The van der Waals surface area contributed by atoms with Crippen LogP contribution in [0.1, 0.15) is 32.6 Å². The van der Waals surface area contributed by atoms with Gasteiger partial charge in [0, 0.05) is 0 Å². The first-order chi connectivity index (χ1) is 6.20. The number of hydrogen-bond donors (Lipinski definition) is 0. The normalized spacial score (nSPS) is 32.7. The van der Waals surface area contributed by atoms with Gasteiger partial charge in [-0.05, 0) is 42.7 Å². The van der Waals surface area contributed by atoms with Crippen LogP contribution in [0, 0.1) is 11.8 Å². The Balaban J connectivity index is 2.24. The van der Waals surface area contributed by atoms with Crippen LogP contribution in [0.25, 0.3) is 0 Å². The molecule has 0 N–H and O–H groups in total. The van der Waals surface area contributed by atoms with Gasteiger partial charge >= 0.3 is 0 Å². The molecule has 0 heteroatoms. The van der Waals surface area contributed by atoms with E-state index in [0.29, 0.717) is 0 Å². The van der Waals surface area contributed by atoms with Crippen molar-refractivity contribution in [2.45, 2.75) is 32.6 Å². The predicted molar refractivity (Wildman–Crippen MR) is 57.5 cm³/mol. The van der Waals surface area contributed by atoms with E-state index in [2.05, 4.69) is 26.2 Å². The quantitative estimate of drug-likeness (QED) is 0.566. The van der Waals surface area contributed by atoms with Crippen LogP contribution in [-0.4, -0.2) is 0 Å². The molecule has 70 valence electrons. The van der Waals surface area contributed by atoms with E-state index in [-0.39, 0.29) is 0 Å². The van der Waals surface area contributed by atoms with Crippen molar-refractivity contribution in [3.63, 3.8) is 0 Å². The van der Waals surface area contributed by atoms with Crippen LogP contribution in [0.4, 0.5) is 0 Å². The molecule has 0 radical (unpaired) electrons. The van der Waals surface area contributed by atoms with Gasteiger partial charge in [-0.25, -0.2) is 0 Å². The zero-order valence-corrected chi connectivity index (χ0v) is 8.47. The number of rotatable bonds is 1. The topological polar surface area (TPSA) is 0 Å². The SMILES string of the molecule is C=C(C)C1=C[C@H]2CCCC[C@H]2C1=C. The molecule has 0 aromatic heterocycles.